The largest absolute Gasteiger partial charge is 0.488 e. The van der Waals surface area contributed by atoms with Gasteiger partial charge in [-0.25, -0.2) is 0 Å². The predicted molar refractivity (Wildman–Crippen MR) is 60.5 cm³/mol. The second-order valence-corrected chi connectivity index (χ2v) is 3.90. The van der Waals surface area contributed by atoms with Gasteiger partial charge in [-0.05, 0) is 26.1 Å². The third-order valence-corrected chi connectivity index (χ3v) is 2.26. The fourth-order valence-corrected chi connectivity index (χ4v) is 1.44. The average molecular weight is 234 g/mol. The quantitative estimate of drug-likeness (QED) is 0.864. The molecule has 0 aliphatic rings. The van der Waals surface area contributed by atoms with Crippen molar-refractivity contribution < 1.29 is 4.74 Å². The first-order chi connectivity index (χ1) is 6.63. The molecule has 0 spiro atoms. The first kappa shape index (κ1) is 11.6. The molecule has 0 aliphatic heterocycles. The predicted octanol–water partition coefficient (Wildman–Crippen LogP) is 2.98. The topological polar surface area (TPSA) is 21.3 Å². The summed E-state index contributed by atoms with van der Waals surface area (Å²) in [5.41, 5.74) is 0. The second kappa shape index (κ2) is 5.44. The SMILES string of the molecule is CNCC(C)Oc1cc(Cl)ccc1Cl. The van der Waals surface area contributed by atoms with Crippen molar-refractivity contribution in [1.82, 2.24) is 5.32 Å². The van der Waals surface area contributed by atoms with Crippen molar-refractivity contribution in [2.45, 2.75) is 13.0 Å². The summed E-state index contributed by atoms with van der Waals surface area (Å²) in [6.45, 7) is 2.73. The Balaban J connectivity index is 2.70. The van der Waals surface area contributed by atoms with Gasteiger partial charge in [0.15, 0.2) is 0 Å². The van der Waals surface area contributed by atoms with Crippen molar-refractivity contribution >= 4 is 23.2 Å². The Labute approximate surface area is 94.2 Å². The number of rotatable bonds is 4. The van der Waals surface area contributed by atoms with Crippen LogP contribution in [0.4, 0.5) is 0 Å². The molecule has 0 heterocycles. The summed E-state index contributed by atoms with van der Waals surface area (Å²) < 4.78 is 5.59. The van der Waals surface area contributed by atoms with Gasteiger partial charge in [-0.15, -0.1) is 0 Å². The van der Waals surface area contributed by atoms with Crippen LogP contribution in [0.5, 0.6) is 5.75 Å². The molecule has 0 saturated heterocycles. The summed E-state index contributed by atoms with van der Waals surface area (Å²) in [4.78, 5) is 0. The van der Waals surface area contributed by atoms with Crippen LogP contribution in [0.25, 0.3) is 0 Å². The summed E-state index contributed by atoms with van der Waals surface area (Å²) in [5, 5.41) is 4.23. The average Bonchev–Trinajstić information content (AvgIpc) is 2.12. The van der Waals surface area contributed by atoms with Crippen LogP contribution in [0.2, 0.25) is 10.0 Å². The number of benzene rings is 1. The first-order valence-electron chi connectivity index (χ1n) is 4.39. The highest BCUT2D eigenvalue weighted by Crippen LogP contribution is 2.28. The van der Waals surface area contributed by atoms with Crippen LogP contribution in [-0.4, -0.2) is 19.7 Å². The molecule has 0 fully saturated rings. The van der Waals surface area contributed by atoms with Crippen LogP contribution in [0, 0.1) is 0 Å². The highest BCUT2D eigenvalue weighted by Gasteiger charge is 2.06. The Morgan fingerprint density at radius 2 is 2.14 bits per heavy atom. The summed E-state index contributed by atoms with van der Waals surface area (Å²) in [6, 6.07) is 5.18. The molecule has 0 radical (unpaired) electrons. The van der Waals surface area contributed by atoms with Gasteiger partial charge in [0.1, 0.15) is 11.9 Å². The summed E-state index contributed by atoms with van der Waals surface area (Å²) >= 11 is 11.8. The van der Waals surface area contributed by atoms with Crippen molar-refractivity contribution in [2.75, 3.05) is 13.6 Å². The lowest BCUT2D eigenvalue weighted by atomic mass is 10.3. The number of nitrogens with one attached hydrogen (secondary N) is 1. The van der Waals surface area contributed by atoms with E-state index in [1.807, 2.05) is 14.0 Å². The molecule has 78 valence electrons. The molecule has 1 aromatic rings. The number of likely N-dealkylation sites (N-methyl/N-ethyl adjacent to an activating group) is 1. The van der Waals surface area contributed by atoms with Crippen molar-refractivity contribution in [3.63, 3.8) is 0 Å². The van der Waals surface area contributed by atoms with E-state index in [4.69, 9.17) is 27.9 Å². The maximum Gasteiger partial charge on any atom is 0.139 e. The van der Waals surface area contributed by atoms with Crippen LogP contribution in [0.1, 0.15) is 6.92 Å². The summed E-state index contributed by atoms with van der Waals surface area (Å²) in [5.74, 6) is 0.627. The smallest absolute Gasteiger partial charge is 0.139 e. The van der Waals surface area contributed by atoms with Gasteiger partial charge >= 0.3 is 0 Å². The Morgan fingerprint density at radius 1 is 1.43 bits per heavy atom. The number of halogens is 2. The van der Waals surface area contributed by atoms with E-state index in [0.717, 1.165) is 6.54 Å². The highest BCUT2D eigenvalue weighted by molar-refractivity contribution is 6.34. The molecular weight excluding hydrogens is 221 g/mol. The van der Waals surface area contributed by atoms with E-state index in [2.05, 4.69) is 5.32 Å². The van der Waals surface area contributed by atoms with Gasteiger partial charge in [0.25, 0.3) is 0 Å². The van der Waals surface area contributed by atoms with Gasteiger partial charge in [-0.1, -0.05) is 23.2 Å². The zero-order valence-electron chi connectivity index (χ0n) is 8.18. The fraction of sp³-hybridized carbons (Fsp3) is 0.400. The number of ether oxygens (including phenoxy) is 1. The Morgan fingerprint density at radius 3 is 2.79 bits per heavy atom. The molecule has 1 atom stereocenters. The first-order valence-corrected chi connectivity index (χ1v) is 5.15. The minimum atomic E-state index is 0.0657. The number of hydrogen-bond acceptors (Lipinski definition) is 2. The van der Waals surface area contributed by atoms with Crippen LogP contribution >= 0.6 is 23.2 Å². The van der Waals surface area contributed by atoms with Crippen molar-refractivity contribution in [1.29, 1.82) is 0 Å². The maximum absolute atomic E-state index is 5.94. The van der Waals surface area contributed by atoms with Gasteiger partial charge in [0, 0.05) is 17.6 Å². The molecule has 0 saturated carbocycles. The Hall–Kier alpha value is -0.440. The van der Waals surface area contributed by atoms with E-state index in [-0.39, 0.29) is 6.10 Å². The second-order valence-electron chi connectivity index (χ2n) is 3.06. The lowest BCUT2D eigenvalue weighted by Gasteiger charge is -2.15. The third kappa shape index (κ3) is 3.37. The van der Waals surface area contributed by atoms with E-state index in [0.29, 0.717) is 15.8 Å². The molecular formula is C10H13Cl2NO. The Bertz CT molecular complexity index is 304. The molecule has 1 N–H and O–H groups in total. The van der Waals surface area contributed by atoms with Crippen molar-refractivity contribution in [3.8, 4) is 5.75 Å². The minimum absolute atomic E-state index is 0.0657. The van der Waals surface area contributed by atoms with Crippen LogP contribution in [0.15, 0.2) is 18.2 Å². The van der Waals surface area contributed by atoms with E-state index in [1.54, 1.807) is 18.2 Å². The van der Waals surface area contributed by atoms with Gasteiger partial charge in [-0.2, -0.15) is 0 Å². The zero-order chi connectivity index (χ0) is 10.6. The van der Waals surface area contributed by atoms with E-state index in [1.165, 1.54) is 0 Å². The standard InChI is InChI=1S/C10H13Cl2NO/c1-7(6-13-2)14-10-5-8(11)3-4-9(10)12/h3-5,7,13H,6H2,1-2H3. The molecule has 1 aromatic carbocycles. The summed E-state index contributed by atoms with van der Waals surface area (Å²) in [7, 11) is 1.87. The molecule has 0 bridgehead atoms. The minimum Gasteiger partial charge on any atom is -0.488 e. The molecule has 2 nitrogen and oxygen atoms in total. The molecule has 0 aromatic heterocycles. The molecule has 1 rings (SSSR count). The van der Waals surface area contributed by atoms with Gasteiger partial charge in [-0.3, -0.25) is 0 Å². The van der Waals surface area contributed by atoms with Crippen LogP contribution < -0.4 is 10.1 Å². The van der Waals surface area contributed by atoms with Crippen LogP contribution in [0.3, 0.4) is 0 Å². The maximum atomic E-state index is 5.94. The monoisotopic (exact) mass is 233 g/mol. The Kier molecular flexibility index (Phi) is 4.52. The van der Waals surface area contributed by atoms with Gasteiger partial charge < -0.3 is 10.1 Å². The molecule has 14 heavy (non-hydrogen) atoms. The van der Waals surface area contributed by atoms with Crippen LogP contribution in [-0.2, 0) is 0 Å². The van der Waals surface area contributed by atoms with Gasteiger partial charge in [0.2, 0.25) is 0 Å². The molecule has 0 aliphatic carbocycles. The molecule has 1 unspecified atom stereocenters. The van der Waals surface area contributed by atoms with Crippen molar-refractivity contribution in [3.05, 3.63) is 28.2 Å². The fourth-order valence-electron chi connectivity index (χ4n) is 1.11. The number of hydrogen-bond donors (Lipinski definition) is 1. The van der Waals surface area contributed by atoms with E-state index < -0.39 is 0 Å². The highest BCUT2D eigenvalue weighted by atomic mass is 35.5. The summed E-state index contributed by atoms with van der Waals surface area (Å²) in [6.07, 6.45) is 0.0657. The van der Waals surface area contributed by atoms with Crippen molar-refractivity contribution in [2.24, 2.45) is 0 Å². The zero-order valence-corrected chi connectivity index (χ0v) is 9.69. The lowest BCUT2D eigenvalue weighted by molar-refractivity contribution is 0.221. The molecule has 4 heteroatoms. The normalized spacial score (nSPS) is 12.6. The van der Waals surface area contributed by atoms with Gasteiger partial charge in [0.05, 0.1) is 5.02 Å². The van der Waals surface area contributed by atoms with E-state index in [9.17, 15) is 0 Å². The third-order valence-electron chi connectivity index (χ3n) is 1.71. The van der Waals surface area contributed by atoms with E-state index >= 15 is 0 Å². The molecule has 0 amide bonds. The lowest BCUT2D eigenvalue weighted by Crippen LogP contribution is -2.26.